The molecule has 0 saturated heterocycles. The molecule has 3 aromatic rings. The van der Waals surface area contributed by atoms with Crippen LogP contribution in [0.25, 0.3) is 16.6 Å². The van der Waals surface area contributed by atoms with Gasteiger partial charge in [-0.05, 0) is 24.3 Å². The molecule has 0 atom stereocenters. The molecular weight excluding hydrogens is 318 g/mol. The predicted molar refractivity (Wildman–Crippen MR) is 103 cm³/mol. The van der Waals surface area contributed by atoms with Gasteiger partial charge in [-0.1, -0.05) is 49.9 Å². The molecule has 1 aromatic heterocycles. The smallest absolute Gasteiger partial charge is 0.266 e. The van der Waals surface area contributed by atoms with E-state index in [9.17, 15) is 4.79 Å². The van der Waals surface area contributed by atoms with E-state index in [2.05, 4.69) is 13.8 Å². The van der Waals surface area contributed by atoms with Crippen LogP contribution in [0.4, 0.5) is 5.69 Å². The molecule has 1 heterocycles. The Morgan fingerprint density at radius 2 is 1.71 bits per heavy atom. The summed E-state index contributed by atoms with van der Waals surface area (Å²) in [6.07, 6.45) is 0. The molecule has 2 aromatic carbocycles. The number of aromatic nitrogens is 2. The first-order valence-corrected chi connectivity index (χ1v) is 8.82. The lowest BCUT2D eigenvalue weighted by Crippen LogP contribution is -2.24. The molecule has 0 N–H and O–H groups in total. The summed E-state index contributed by atoms with van der Waals surface area (Å²) in [5, 5.41) is 1.69. The number of fused-ring (bicyclic) bond motifs is 1. The first-order chi connectivity index (χ1) is 11.5. The minimum absolute atomic E-state index is 0.0296. The van der Waals surface area contributed by atoms with Gasteiger partial charge in [-0.3, -0.25) is 9.36 Å². The fraction of sp³-hybridized carbons (Fsp3) is 0.263. The molecule has 0 spiro atoms. The molecule has 0 aliphatic heterocycles. The number of anilines is 1. The molecule has 0 unspecified atom stereocenters. The van der Waals surface area contributed by atoms with Crippen molar-refractivity contribution >= 4 is 28.4 Å². The third-order valence-electron chi connectivity index (χ3n) is 3.69. The van der Waals surface area contributed by atoms with Crippen molar-refractivity contribution < 1.29 is 0 Å². The summed E-state index contributed by atoms with van der Waals surface area (Å²) in [5.41, 5.74) is 2.55. The Hall–Kier alpha value is -2.27. The quantitative estimate of drug-likeness (QED) is 0.533. The van der Waals surface area contributed by atoms with Crippen LogP contribution in [0, 0.1) is 0 Å². The van der Waals surface area contributed by atoms with Gasteiger partial charge in [0.05, 0.1) is 22.3 Å². The summed E-state index contributed by atoms with van der Waals surface area (Å²) in [7, 11) is 3.96. The van der Waals surface area contributed by atoms with Gasteiger partial charge in [0.15, 0.2) is 5.16 Å². The summed E-state index contributed by atoms with van der Waals surface area (Å²) in [5.74, 6) is 0. The third-order valence-corrected chi connectivity index (χ3v) is 4.65. The first-order valence-electron chi connectivity index (χ1n) is 7.94. The number of nitrogens with zero attached hydrogens (tertiary/aromatic N) is 3. The minimum atomic E-state index is -0.0296. The molecule has 5 heteroatoms. The van der Waals surface area contributed by atoms with Crippen LogP contribution < -0.4 is 10.5 Å². The van der Waals surface area contributed by atoms with Crippen LogP contribution in [-0.2, 0) is 0 Å². The predicted octanol–water partition coefficient (Wildman–Crippen LogP) is 3.95. The molecule has 3 rings (SSSR count). The second-order valence-electron chi connectivity index (χ2n) is 6.10. The van der Waals surface area contributed by atoms with Crippen LogP contribution >= 0.6 is 11.8 Å². The number of benzene rings is 2. The summed E-state index contributed by atoms with van der Waals surface area (Å²) in [6.45, 7) is 4.21. The topological polar surface area (TPSA) is 38.1 Å². The first kappa shape index (κ1) is 16.6. The monoisotopic (exact) mass is 339 g/mol. The largest absolute Gasteiger partial charge is 0.376 e. The normalized spacial score (nSPS) is 11.2. The fourth-order valence-electron chi connectivity index (χ4n) is 2.65. The zero-order valence-corrected chi connectivity index (χ0v) is 15.2. The van der Waals surface area contributed by atoms with Crippen LogP contribution in [0.15, 0.2) is 58.5 Å². The third kappa shape index (κ3) is 3.04. The van der Waals surface area contributed by atoms with Gasteiger partial charge < -0.3 is 4.90 Å². The molecule has 0 bridgehead atoms. The molecule has 0 amide bonds. The second kappa shape index (κ2) is 6.69. The maximum atomic E-state index is 13.2. The molecule has 0 saturated carbocycles. The van der Waals surface area contributed by atoms with E-state index in [1.165, 1.54) is 0 Å². The van der Waals surface area contributed by atoms with Crippen LogP contribution in [-0.4, -0.2) is 28.9 Å². The van der Waals surface area contributed by atoms with E-state index >= 15 is 0 Å². The van der Waals surface area contributed by atoms with Crippen molar-refractivity contribution in [2.45, 2.75) is 24.3 Å². The summed E-state index contributed by atoms with van der Waals surface area (Å²) < 4.78 is 1.74. The number of hydrogen-bond donors (Lipinski definition) is 0. The lowest BCUT2D eigenvalue weighted by Gasteiger charge is -2.21. The van der Waals surface area contributed by atoms with Crippen molar-refractivity contribution in [1.82, 2.24) is 9.55 Å². The summed E-state index contributed by atoms with van der Waals surface area (Å²) in [6, 6.07) is 15.4. The van der Waals surface area contributed by atoms with E-state index in [1.807, 2.05) is 67.5 Å². The lowest BCUT2D eigenvalue weighted by atomic mass is 10.2. The van der Waals surface area contributed by atoms with Crippen molar-refractivity contribution in [2.75, 3.05) is 19.0 Å². The van der Waals surface area contributed by atoms with Crippen LogP contribution in [0.1, 0.15) is 13.8 Å². The number of hydrogen-bond acceptors (Lipinski definition) is 4. The Morgan fingerprint density at radius 3 is 2.42 bits per heavy atom. The zero-order chi connectivity index (χ0) is 17.3. The average Bonchev–Trinajstić information content (AvgIpc) is 2.54. The van der Waals surface area contributed by atoms with Gasteiger partial charge in [0.25, 0.3) is 5.56 Å². The standard InChI is InChI=1S/C19H21N3OS/c1-13(2)24-19-20-15-10-6-5-9-14(15)18(23)22(19)17-12-8-7-11-16(17)21(3)4/h5-13H,1-4H3. The molecule has 0 fully saturated rings. The van der Waals surface area contributed by atoms with Gasteiger partial charge in [0, 0.05) is 19.3 Å². The number of rotatable bonds is 4. The highest BCUT2D eigenvalue weighted by atomic mass is 32.2. The van der Waals surface area contributed by atoms with E-state index in [0.717, 1.165) is 22.0 Å². The van der Waals surface area contributed by atoms with Crippen molar-refractivity contribution in [2.24, 2.45) is 0 Å². The van der Waals surface area contributed by atoms with Gasteiger partial charge in [0.2, 0.25) is 0 Å². The SMILES string of the molecule is CC(C)Sc1nc2ccccc2c(=O)n1-c1ccccc1N(C)C. The molecule has 0 aliphatic carbocycles. The Balaban J connectivity index is 2.38. The van der Waals surface area contributed by atoms with Crippen LogP contribution in [0.5, 0.6) is 0 Å². The summed E-state index contributed by atoms with van der Waals surface area (Å²) >= 11 is 1.60. The Labute approximate surface area is 146 Å². The average molecular weight is 339 g/mol. The highest BCUT2D eigenvalue weighted by molar-refractivity contribution is 7.99. The highest BCUT2D eigenvalue weighted by Gasteiger charge is 2.17. The molecule has 124 valence electrons. The van der Waals surface area contributed by atoms with Gasteiger partial charge in [0.1, 0.15) is 0 Å². The Bertz CT molecular complexity index is 931. The maximum Gasteiger partial charge on any atom is 0.266 e. The van der Waals surface area contributed by atoms with Gasteiger partial charge in [-0.25, -0.2) is 4.98 Å². The van der Waals surface area contributed by atoms with Gasteiger partial charge in [-0.15, -0.1) is 0 Å². The molecule has 0 aliphatic rings. The molecule has 24 heavy (non-hydrogen) atoms. The van der Waals surface area contributed by atoms with E-state index in [4.69, 9.17) is 4.98 Å². The second-order valence-corrected chi connectivity index (χ2v) is 7.65. The van der Waals surface area contributed by atoms with Crippen molar-refractivity contribution in [1.29, 1.82) is 0 Å². The highest BCUT2D eigenvalue weighted by Crippen LogP contribution is 2.28. The van der Waals surface area contributed by atoms with Crippen molar-refractivity contribution in [3.63, 3.8) is 0 Å². The lowest BCUT2D eigenvalue weighted by molar-refractivity contribution is 0.812. The van der Waals surface area contributed by atoms with Crippen LogP contribution in [0.3, 0.4) is 0 Å². The molecule has 4 nitrogen and oxygen atoms in total. The van der Waals surface area contributed by atoms with E-state index in [0.29, 0.717) is 10.6 Å². The molecule has 0 radical (unpaired) electrons. The Morgan fingerprint density at radius 1 is 1.04 bits per heavy atom. The van der Waals surface area contributed by atoms with E-state index in [1.54, 1.807) is 16.3 Å². The Kier molecular flexibility index (Phi) is 4.62. The van der Waals surface area contributed by atoms with Gasteiger partial charge in [-0.2, -0.15) is 0 Å². The van der Waals surface area contributed by atoms with Gasteiger partial charge >= 0.3 is 0 Å². The number of thioether (sulfide) groups is 1. The van der Waals surface area contributed by atoms with Crippen molar-refractivity contribution in [3.8, 4) is 5.69 Å². The summed E-state index contributed by atoms with van der Waals surface area (Å²) in [4.78, 5) is 20.0. The zero-order valence-electron chi connectivity index (χ0n) is 14.4. The minimum Gasteiger partial charge on any atom is -0.376 e. The van der Waals surface area contributed by atoms with Crippen molar-refractivity contribution in [3.05, 3.63) is 58.9 Å². The van der Waals surface area contributed by atoms with E-state index < -0.39 is 0 Å². The fourth-order valence-corrected chi connectivity index (χ4v) is 3.51. The maximum absolute atomic E-state index is 13.2. The number of para-hydroxylation sites is 3. The van der Waals surface area contributed by atoms with Crippen LogP contribution in [0.2, 0.25) is 0 Å². The van der Waals surface area contributed by atoms with E-state index in [-0.39, 0.29) is 5.56 Å². The molecular formula is C19H21N3OS.